The van der Waals surface area contributed by atoms with Gasteiger partial charge in [0.2, 0.25) is 0 Å². The van der Waals surface area contributed by atoms with Gasteiger partial charge in [0.05, 0.1) is 11.7 Å². The summed E-state index contributed by atoms with van der Waals surface area (Å²) in [6.45, 7) is 4.90. The van der Waals surface area contributed by atoms with Crippen molar-refractivity contribution in [3.63, 3.8) is 0 Å². The highest BCUT2D eigenvalue weighted by Gasteiger charge is 2.13. The van der Waals surface area contributed by atoms with Gasteiger partial charge in [0.15, 0.2) is 0 Å². The highest BCUT2D eigenvalue weighted by atomic mass is 15.3. The van der Waals surface area contributed by atoms with Gasteiger partial charge in [0.25, 0.3) is 0 Å². The Hall–Kier alpha value is -1.68. The largest absolute Gasteiger partial charge is 0.319 e. The van der Waals surface area contributed by atoms with E-state index in [0.29, 0.717) is 0 Å². The Bertz CT molecular complexity index is 475. The average Bonchev–Trinajstić information content (AvgIpc) is 2.76. The molecule has 0 aromatic carbocycles. The zero-order valence-electron chi connectivity index (χ0n) is 9.59. The van der Waals surface area contributed by atoms with Crippen molar-refractivity contribution >= 4 is 0 Å². The molecule has 4 heteroatoms. The van der Waals surface area contributed by atoms with Gasteiger partial charge in [-0.3, -0.25) is 9.67 Å². The summed E-state index contributed by atoms with van der Waals surface area (Å²) in [5, 5.41) is 4.22. The molecule has 2 aromatic heterocycles. The zero-order chi connectivity index (χ0) is 11.5. The van der Waals surface area contributed by atoms with Gasteiger partial charge in [-0.05, 0) is 31.0 Å². The predicted molar refractivity (Wildman–Crippen MR) is 62.9 cm³/mol. The second-order valence-corrected chi connectivity index (χ2v) is 3.85. The van der Waals surface area contributed by atoms with Crippen LogP contribution in [0, 0.1) is 6.92 Å². The van der Waals surface area contributed by atoms with Crippen molar-refractivity contribution in [1.82, 2.24) is 14.8 Å². The van der Waals surface area contributed by atoms with Crippen LogP contribution in [0.5, 0.6) is 0 Å². The van der Waals surface area contributed by atoms with Gasteiger partial charge < -0.3 is 5.73 Å². The summed E-state index contributed by atoms with van der Waals surface area (Å²) in [5.74, 6) is 0. The van der Waals surface area contributed by atoms with Gasteiger partial charge in [-0.25, -0.2) is 0 Å². The van der Waals surface area contributed by atoms with Crippen LogP contribution in [-0.4, -0.2) is 14.8 Å². The summed E-state index contributed by atoms with van der Waals surface area (Å²) in [6.07, 6.45) is 5.42. The Kier molecular flexibility index (Phi) is 3.01. The fourth-order valence-corrected chi connectivity index (χ4v) is 1.79. The number of aromatic nitrogens is 3. The van der Waals surface area contributed by atoms with E-state index in [0.717, 1.165) is 23.4 Å². The molecule has 0 amide bonds. The van der Waals surface area contributed by atoms with E-state index in [1.54, 1.807) is 6.20 Å². The number of aryl methyl sites for hydroxylation is 2. The number of nitrogens with two attached hydrogens (primary N) is 1. The SMILES string of the molecule is CCn1nccc1C(N)c1cncc(C)c1. The Balaban J connectivity index is 2.35. The van der Waals surface area contributed by atoms with Crippen LogP contribution in [0.1, 0.15) is 29.8 Å². The summed E-state index contributed by atoms with van der Waals surface area (Å²) in [6, 6.07) is 3.86. The third kappa shape index (κ3) is 1.97. The first-order valence-corrected chi connectivity index (χ1v) is 5.41. The van der Waals surface area contributed by atoms with Crippen LogP contribution in [0.3, 0.4) is 0 Å². The molecule has 2 rings (SSSR count). The van der Waals surface area contributed by atoms with Crippen LogP contribution < -0.4 is 5.73 Å². The minimum absolute atomic E-state index is 0.158. The molecule has 0 radical (unpaired) electrons. The summed E-state index contributed by atoms with van der Waals surface area (Å²) in [7, 11) is 0. The number of rotatable bonds is 3. The minimum Gasteiger partial charge on any atom is -0.319 e. The van der Waals surface area contributed by atoms with E-state index in [-0.39, 0.29) is 6.04 Å². The van der Waals surface area contributed by atoms with E-state index in [1.165, 1.54) is 0 Å². The fraction of sp³-hybridized carbons (Fsp3) is 0.333. The summed E-state index contributed by atoms with van der Waals surface area (Å²) >= 11 is 0. The molecule has 4 nitrogen and oxygen atoms in total. The van der Waals surface area contributed by atoms with Crippen molar-refractivity contribution in [3.8, 4) is 0 Å². The highest BCUT2D eigenvalue weighted by Crippen LogP contribution is 2.19. The molecule has 84 valence electrons. The van der Waals surface area contributed by atoms with Crippen LogP contribution in [0.15, 0.2) is 30.7 Å². The molecule has 0 saturated heterocycles. The smallest absolute Gasteiger partial charge is 0.0738 e. The van der Waals surface area contributed by atoms with E-state index in [1.807, 2.05) is 30.1 Å². The van der Waals surface area contributed by atoms with E-state index in [2.05, 4.69) is 23.1 Å². The molecule has 16 heavy (non-hydrogen) atoms. The molecule has 2 aromatic rings. The molecule has 0 bridgehead atoms. The third-order valence-corrected chi connectivity index (χ3v) is 2.62. The molecule has 2 heterocycles. The average molecular weight is 216 g/mol. The van der Waals surface area contributed by atoms with Crippen molar-refractivity contribution in [2.75, 3.05) is 0 Å². The first-order valence-electron chi connectivity index (χ1n) is 5.41. The first kappa shape index (κ1) is 10.8. The van der Waals surface area contributed by atoms with E-state index >= 15 is 0 Å². The monoisotopic (exact) mass is 216 g/mol. The normalized spacial score (nSPS) is 12.7. The summed E-state index contributed by atoms with van der Waals surface area (Å²) < 4.78 is 1.91. The standard InChI is InChI=1S/C12H16N4/c1-3-16-11(4-5-15-16)12(13)10-6-9(2)7-14-8-10/h4-8,12H,3,13H2,1-2H3. The van der Waals surface area contributed by atoms with Gasteiger partial charge in [-0.15, -0.1) is 0 Å². The molecule has 0 spiro atoms. The maximum Gasteiger partial charge on any atom is 0.0738 e. The van der Waals surface area contributed by atoms with Crippen molar-refractivity contribution < 1.29 is 0 Å². The van der Waals surface area contributed by atoms with E-state index in [9.17, 15) is 0 Å². The van der Waals surface area contributed by atoms with Crippen LogP contribution >= 0.6 is 0 Å². The predicted octanol–water partition coefficient (Wildman–Crippen LogP) is 1.65. The van der Waals surface area contributed by atoms with E-state index in [4.69, 9.17) is 5.73 Å². The van der Waals surface area contributed by atoms with Crippen molar-refractivity contribution in [2.45, 2.75) is 26.4 Å². The second kappa shape index (κ2) is 4.45. The lowest BCUT2D eigenvalue weighted by Gasteiger charge is -2.13. The second-order valence-electron chi connectivity index (χ2n) is 3.85. The lowest BCUT2D eigenvalue weighted by molar-refractivity contribution is 0.600. The van der Waals surface area contributed by atoms with Gasteiger partial charge in [0, 0.05) is 25.1 Å². The van der Waals surface area contributed by atoms with Gasteiger partial charge >= 0.3 is 0 Å². The number of nitrogens with zero attached hydrogens (tertiary/aromatic N) is 3. The summed E-state index contributed by atoms with van der Waals surface area (Å²) in [4.78, 5) is 4.16. The van der Waals surface area contributed by atoms with Crippen molar-refractivity contribution in [3.05, 3.63) is 47.5 Å². The molecular formula is C12H16N4. The Labute approximate surface area is 95.1 Å². The first-order chi connectivity index (χ1) is 7.72. The molecule has 0 aliphatic heterocycles. The minimum atomic E-state index is -0.158. The Morgan fingerprint density at radius 2 is 2.25 bits per heavy atom. The maximum atomic E-state index is 6.21. The van der Waals surface area contributed by atoms with Gasteiger partial charge in [0.1, 0.15) is 0 Å². The zero-order valence-corrected chi connectivity index (χ0v) is 9.59. The quantitative estimate of drug-likeness (QED) is 0.848. The topological polar surface area (TPSA) is 56.7 Å². The molecule has 1 atom stereocenters. The number of hydrogen-bond donors (Lipinski definition) is 1. The Morgan fingerprint density at radius 1 is 1.44 bits per heavy atom. The van der Waals surface area contributed by atoms with E-state index < -0.39 is 0 Å². The molecule has 0 aliphatic rings. The molecule has 0 saturated carbocycles. The fourth-order valence-electron chi connectivity index (χ4n) is 1.79. The summed E-state index contributed by atoms with van der Waals surface area (Å²) in [5.41, 5.74) is 9.37. The molecule has 1 unspecified atom stereocenters. The third-order valence-electron chi connectivity index (χ3n) is 2.62. The highest BCUT2D eigenvalue weighted by molar-refractivity contribution is 5.27. The van der Waals surface area contributed by atoms with Crippen molar-refractivity contribution in [2.24, 2.45) is 5.73 Å². The van der Waals surface area contributed by atoms with Crippen LogP contribution in [0.2, 0.25) is 0 Å². The molecule has 0 aliphatic carbocycles. The molecule has 2 N–H and O–H groups in total. The van der Waals surface area contributed by atoms with Crippen LogP contribution in [0.4, 0.5) is 0 Å². The lowest BCUT2D eigenvalue weighted by Crippen LogP contribution is -2.17. The maximum absolute atomic E-state index is 6.21. The van der Waals surface area contributed by atoms with Crippen LogP contribution in [0.25, 0.3) is 0 Å². The van der Waals surface area contributed by atoms with Gasteiger partial charge in [-0.1, -0.05) is 6.07 Å². The molecule has 0 fully saturated rings. The number of hydrogen-bond acceptors (Lipinski definition) is 3. The lowest BCUT2D eigenvalue weighted by atomic mass is 10.1. The Morgan fingerprint density at radius 3 is 2.94 bits per heavy atom. The van der Waals surface area contributed by atoms with Crippen molar-refractivity contribution in [1.29, 1.82) is 0 Å². The van der Waals surface area contributed by atoms with Gasteiger partial charge in [-0.2, -0.15) is 5.10 Å². The molecular weight excluding hydrogens is 200 g/mol. The number of pyridine rings is 1. The van der Waals surface area contributed by atoms with Crippen LogP contribution in [-0.2, 0) is 6.54 Å².